The molecule has 0 amide bonds. The van der Waals surface area contributed by atoms with Crippen molar-refractivity contribution < 1.29 is 8.42 Å². The minimum atomic E-state index is -3.77. The lowest BCUT2D eigenvalue weighted by Gasteiger charge is -2.09. The Kier molecular flexibility index (Phi) is 5.07. The molecule has 0 unspecified atom stereocenters. The first-order valence-electron chi connectivity index (χ1n) is 7.43. The predicted molar refractivity (Wildman–Crippen MR) is 104 cm³/mol. The number of rotatable bonds is 4. The van der Waals surface area contributed by atoms with E-state index in [1.807, 2.05) is 12.1 Å². The van der Waals surface area contributed by atoms with Gasteiger partial charge in [0.2, 0.25) is 10.0 Å². The summed E-state index contributed by atoms with van der Waals surface area (Å²) in [5.41, 5.74) is 2.67. The quantitative estimate of drug-likeness (QED) is 0.619. The number of sulfonamides is 1. The number of hydrogen-bond donors (Lipinski definition) is 1. The smallest absolute Gasteiger partial charge is 0.233 e. The average Bonchev–Trinajstić information content (AvgIpc) is 3.00. The van der Waals surface area contributed by atoms with Crippen LogP contribution >= 0.6 is 34.8 Å². The SMILES string of the molecule is CC(Cl)(Cl)c1cc(-c2ccc(Cl)cc2)n(-c2ccc(S(N)(=O)=O)cc2)n1. The van der Waals surface area contributed by atoms with E-state index in [9.17, 15) is 8.42 Å². The molecule has 2 aromatic carbocycles. The summed E-state index contributed by atoms with van der Waals surface area (Å²) in [6.07, 6.45) is 0. The van der Waals surface area contributed by atoms with Crippen molar-refractivity contribution >= 4 is 44.8 Å². The highest BCUT2D eigenvalue weighted by Gasteiger charge is 2.26. The van der Waals surface area contributed by atoms with E-state index in [1.54, 1.807) is 41.9 Å². The van der Waals surface area contributed by atoms with Crippen molar-refractivity contribution in [2.75, 3.05) is 0 Å². The van der Waals surface area contributed by atoms with Crippen LogP contribution in [-0.4, -0.2) is 18.2 Å². The predicted octanol–water partition coefficient (Wildman–Crippen LogP) is 4.49. The third kappa shape index (κ3) is 4.05. The second kappa shape index (κ2) is 6.87. The number of aromatic nitrogens is 2. The Labute approximate surface area is 166 Å². The summed E-state index contributed by atoms with van der Waals surface area (Å²) in [6, 6.07) is 15.0. The van der Waals surface area contributed by atoms with Gasteiger partial charge in [-0.3, -0.25) is 0 Å². The Hall–Kier alpha value is -1.57. The molecule has 0 aliphatic carbocycles. The Balaban J connectivity index is 2.16. The van der Waals surface area contributed by atoms with Crippen molar-refractivity contribution in [1.29, 1.82) is 0 Å². The molecule has 0 spiro atoms. The molecule has 0 bridgehead atoms. The zero-order valence-corrected chi connectivity index (χ0v) is 16.6. The van der Waals surface area contributed by atoms with E-state index in [2.05, 4.69) is 5.10 Å². The Bertz CT molecular complexity index is 1040. The van der Waals surface area contributed by atoms with Gasteiger partial charge in [-0.15, -0.1) is 0 Å². The van der Waals surface area contributed by atoms with Crippen LogP contribution in [0.3, 0.4) is 0 Å². The maximum Gasteiger partial charge on any atom is 0.238 e. The molecule has 1 heterocycles. The Morgan fingerprint density at radius 1 is 1.04 bits per heavy atom. The normalized spacial score (nSPS) is 12.3. The minimum Gasteiger partial charge on any atom is -0.233 e. The summed E-state index contributed by atoms with van der Waals surface area (Å²) in [6.45, 7) is 1.62. The number of alkyl halides is 2. The van der Waals surface area contributed by atoms with E-state index in [0.29, 0.717) is 16.4 Å². The second-order valence-electron chi connectivity index (χ2n) is 5.76. The first kappa shape index (κ1) is 19.2. The number of benzene rings is 2. The molecule has 0 saturated heterocycles. The third-order valence-electron chi connectivity index (χ3n) is 3.71. The largest absolute Gasteiger partial charge is 0.238 e. The zero-order chi connectivity index (χ0) is 19.1. The fourth-order valence-electron chi connectivity index (χ4n) is 2.40. The van der Waals surface area contributed by atoms with Gasteiger partial charge in [0.15, 0.2) is 4.33 Å². The van der Waals surface area contributed by atoms with E-state index in [1.165, 1.54) is 12.1 Å². The fraction of sp³-hybridized carbons (Fsp3) is 0.118. The van der Waals surface area contributed by atoms with Crippen molar-refractivity contribution in [2.45, 2.75) is 16.2 Å². The summed E-state index contributed by atoms with van der Waals surface area (Å²) < 4.78 is 23.3. The lowest BCUT2D eigenvalue weighted by Crippen LogP contribution is -2.12. The van der Waals surface area contributed by atoms with Gasteiger partial charge in [0.25, 0.3) is 0 Å². The van der Waals surface area contributed by atoms with Crippen molar-refractivity contribution in [1.82, 2.24) is 9.78 Å². The van der Waals surface area contributed by atoms with Crippen LogP contribution in [0.4, 0.5) is 0 Å². The van der Waals surface area contributed by atoms with Crippen LogP contribution in [0.25, 0.3) is 16.9 Å². The highest BCUT2D eigenvalue weighted by atomic mass is 35.5. The summed E-state index contributed by atoms with van der Waals surface area (Å²) in [5.74, 6) is 0. The standard InChI is InChI=1S/C17H14Cl3N3O2S/c1-17(19,20)16-10-15(11-2-4-12(18)5-3-11)23(22-16)13-6-8-14(9-7-13)26(21,24)25/h2-10H,1H3,(H2,21,24,25). The summed E-state index contributed by atoms with van der Waals surface area (Å²) in [7, 11) is -3.77. The van der Waals surface area contributed by atoms with Crippen molar-refractivity contribution in [3.63, 3.8) is 0 Å². The highest BCUT2D eigenvalue weighted by Crippen LogP contribution is 2.36. The monoisotopic (exact) mass is 429 g/mol. The second-order valence-corrected chi connectivity index (χ2v) is 9.46. The number of nitrogens with zero attached hydrogens (tertiary/aromatic N) is 2. The van der Waals surface area contributed by atoms with Gasteiger partial charge in [0.1, 0.15) is 0 Å². The molecular formula is C17H14Cl3N3O2S. The van der Waals surface area contributed by atoms with Crippen LogP contribution < -0.4 is 5.14 Å². The first-order valence-corrected chi connectivity index (χ1v) is 10.1. The first-order chi connectivity index (χ1) is 12.1. The number of hydrogen-bond acceptors (Lipinski definition) is 3. The molecule has 2 N–H and O–H groups in total. The number of primary sulfonamides is 1. The van der Waals surface area contributed by atoms with Gasteiger partial charge in [-0.25, -0.2) is 18.2 Å². The van der Waals surface area contributed by atoms with E-state index in [0.717, 1.165) is 11.3 Å². The molecule has 26 heavy (non-hydrogen) atoms. The number of halogens is 3. The van der Waals surface area contributed by atoms with Crippen LogP contribution in [0.1, 0.15) is 12.6 Å². The van der Waals surface area contributed by atoms with Crippen molar-refractivity contribution in [3.8, 4) is 16.9 Å². The maximum absolute atomic E-state index is 11.4. The van der Waals surface area contributed by atoms with Gasteiger partial charge in [-0.2, -0.15) is 5.10 Å². The fourth-order valence-corrected chi connectivity index (χ4v) is 3.22. The summed E-state index contributed by atoms with van der Waals surface area (Å²) in [5, 5.41) is 10.2. The Morgan fingerprint density at radius 3 is 2.12 bits per heavy atom. The molecule has 9 heteroatoms. The molecule has 1 aromatic heterocycles. The van der Waals surface area contributed by atoms with E-state index >= 15 is 0 Å². The van der Waals surface area contributed by atoms with E-state index < -0.39 is 14.4 Å². The molecule has 3 aromatic rings. The lowest BCUT2D eigenvalue weighted by atomic mass is 10.1. The van der Waals surface area contributed by atoms with Crippen LogP contribution in [0.2, 0.25) is 5.02 Å². The van der Waals surface area contributed by atoms with Gasteiger partial charge in [0, 0.05) is 10.6 Å². The average molecular weight is 431 g/mol. The topological polar surface area (TPSA) is 78.0 Å². The molecular weight excluding hydrogens is 417 g/mol. The van der Waals surface area contributed by atoms with Gasteiger partial charge < -0.3 is 0 Å². The van der Waals surface area contributed by atoms with Crippen molar-refractivity contribution in [2.24, 2.45) is 5.14 Å². The lowest BCUT2D eigenvalue weighted by molar-refractivity contribution is 0.598. The molecule has 136 valence electrons. The summed E-state index contributed by atoms with van der Waals surface area (Å²) >= 11 is 18.4. The zero-order valence-electron chi connectivity index (χ0n) is 13.5. The van der Waals surface area contributed by atoms with E-state index in [-0.39, 0.29) is 4.90 Å². The van der Waals surface area contributed by atoms with Crippen LogP contribution in [0.5, 0.6) is 0 Å². The third-order valence-corrected chi connectivity index (χ3v) is 5.28. The van der Waals surface area contributed by atoms with Crippen LogP contribution in [0.15, 0.2) is 59.5 Å². The molecule has 0 saturated carbocycles. The van der Waals surface area contributed by atoms with Gasteiger partial charge >= 0.3 is 0 Å². The van der Waals surface area contributed by atoms with Crippen LogP contribution in [0, 0.1) is 0 Å². The summed E-state index contributed by atoms with van der Waals surface area (Å²) in [4.78, 5) is 0.0150. The molecule has 0 aliphatic rings. The van der Waals surface area contributed by atoms with Gasteiger partial charge in [0.05, 0.1) is 22.0 Å². The number of nitrogens with two attached hydrogens (primary N) is 1. The maximum atomic E-state index is 11.4. The van der Waals surface area contributed by atoms with Crippen molar-refractivity contribution in [3.05, 3.63) is 65.3 Å². The molecule has 0 radical (unpaired) electrons. The molecule has 0 fully saturated rings. The Morgan fingerprint density at radius 2 is 1.62 bits per heavy atom. The minimum absolute atomic E-state index is 0.0150. The molecule has 5 nitrogen and oxygen atoms in total. The van der Waals surface area contributed by atoms with E-state index in [4.69, 9.17) is 39.9 Å². The highest BCUT2D eigenvalue weighted by molar-refractivity contribution is 7.89. The van der Waals surface area contributed by atoms with Crippen LogP contribution in [-0.2, 0) is 14.4 Å². The van der Waals surface area contributed by atoms with Gasteiger partial charge in [-0.1, -0.05) is 46.9 Å². The molecule has 0 atom stereocenters. The van der Waals surface area contributed by atoms with Gasteiger partial charge in [-0.05, 0) is 49.4 Å². The molecule has 0 aliphatic heterocycles. The molecule has 3 rings (SSSR count).